The van der Waals surface area contributed by atoms with Gasteiger partial charge in [0.2, 0.25) is 0 Å². The topological polar surface area (TPSA) is 69.6 Å². The van der Waals surface area contributed by atoms with Crippen LogP contribution in [0.5, 0.6) is 0 Å². The molecule has 0 fully saturated rings. The van der Waals surface area contributed by atoms with E-state index in [0.717, 1.165) is 12.8 Å². The van der Waals surface area contributed by atoms with Crippen LogP contribution in [0.3, 0.4) is 0 Å². The third kappa shape index (κ3) is 5.19. The maximum absolute atomic E-state index is 10.7. The lowest BCUT2D eigenvalue weighted by Gasteiger charge is -2.18. The van der Waals surface area contributed by atoms with Crippen LogP contribution in [-0.4, -0.2) is 35.4 Å². The van der Waals surface area contributed by atoms with Crippen LogP contribution in [0.4, 0.5) is 0 Å². The molecule has 3 N–H and O–H groups in total. The molecule has 0 saturated carbocycles. The Morgan fingerprint density at radius 2 is 2.00 bits per heavy atom. The van der Waals surface area contributed by atoms with E-state index in [4.69, 9.17) is 10.2 Å². The van der Waals surface area contributed by atoms with Crippen molar-refractivity contribution in [2.45, 2.75) is 39.2 Å². The third-order valence-corrected chi connectivity index (χ3v) is 2.47. The van der Waals surface area contributed by atoms with Crippen molar-refractivity contribution in [1.29, 1.82) is 0 Å². The molecule has 0 aliphatic carbocycles. The highest BCUT2D eigenvalue weighted by molar-refractivity contribution is 5.73. The Hall–Kier alpha value is -0.610. The zero-order valence-corrected chi connectivity index (χ0v) is 8.99. The maximum atomic E-state index is 10.7. The zero-order valence-electron chi connectivity index (χ0n) is 8.99. The van der Waals surface area contributed by atoms with E-state index in [-0.39, 0.29) is 6.61 Å². The second-order valence-corrected chi connectivity index (χ2v) is 3.49. The molecule has 0 aliphatic rings. The molecule has 2 atom stereocenters. The molecule has 0 aromatic rings. The minimum atomic E-state index is -0.800. The lowest BCUT2D eigenvalue weighted by Crippen LogP contribution is -2.39. The Morgan fingerprint density at radius 1 is 1.36 bits per heavy atom. The fraction of sp³-hybridized carbons (Fsp3) is 0.900. The summed E-state index contributed by atoms with van der Waals surface area (Å²) in [6, 6.07) is -0.456. The second-order valence-electron chi connectivity index (χ2n) is 3.49. The van der Waals surface area contributed by atoms with Gasteiger partial charge in [0.05, 0.1) is 0 Å². The fourth-order valence-corrected chi connectivity index (χ4v) is 1.35. The smallest absolute Gasteiger partial charge is 0.320 e. The molecule has 0 heterocycles. The van der Waals surface area contributed by atoms with Crippen LogP contribution in [0.15, 0.2) is 0 Å². The van der Waals surface area contributed by atoms with Crippen LogP contribution in [0.2, 0.25) is 0 Å². The van der Waals surface area contributed by atoms with Crippen molar-refractivity contribution in [2.24, 2.45) is 5.92 Å². The largest absolute Gasteiger partial charge is 0.480 e. The fourth-order valence-electron chi connectivity index (χ4n) is 1.35. The van der Waals surface area contributed by atoms with Gasteiger partial charge in [0.1, 0.15) is 6.04 Å². The molecular weight excluding hydrogens is 182 g/mol. The number of carboxylic acid groups (broad SMARTS) is 1. The Morgan fingerprint density at radius 3 is 2.36 bits per heavy atom. The molecule has 0 saturated heterocycles. The van der Waals surface area contributed by atoms with E-state index in [1.165, 1.54) is 0 Å². The van der Waals surface area contributed by atoms with Crippen molar-refractivity contribution < 1.29 is 15.0 Å². The number of aliphatic carboxylic acids is 1. The molecule has 0 amide bonds. The summed E-state index contributed by atoms with van der Waals surface area (Å²) >= 11 is 0. The van der Waals surface area contributed by atoms with Crippen LogP contribution in [0.25, 0.3) is 0 Å². The lowest BCUT2D eigenvalue weighted by molar-refractivity contribution is -0.139. The first-order chi connectivity index (χ1) is 6.65. The van der Waals surface area contributed by atoms with Gasteiger partial charge in [-0.1, -0.05) is 20.3 Å². The quantitative estimate of drug-likeness (QED) is 0.547. The molecule has 4 heteroatoms. The first kappa shape index (κ1) is 13.4. The summed E-state index contributed by atoms with van der Waals surface area (Å²) in [7, 11) is 0. The molecule has 0 bridgehead atoms. The number of rotatable bonds is 8. The number of carbonyl (C=O) groups is 1. The number of hydrogen-bond acceptors (Lipinski definition) is 3. The summed E-state index contributed by atoms with van der Waals surface area (Å²) in [6.07, 6.45) is 2.29. The van der Waals surface area contributed by atoms with E-state index < -0.39 is 12.0 Å². The standard InChI is InChI=1S/C10H21NO3/c1-3-8(5-6-12)7-11-9(4-2)10(13)14/h8-9,11-12H,3-7H2,1-2H3,(H,13,14). The highest BCUT2D eigenvalue weighted by Crippen LogP contribution is 2.06. The van der Waals surface area contributed by atoms with E-state index in [0.29, 0.717) is 18.9 Å². The number of nitrogens with one attached hydrogen (secondary N) is 1. The van der Waals surface area contributed by atoms with E-state index in [9.17, 15) is 4.79 Å². The van der Waals surface area contributed by atoms with Gasteiger partial charge in [0.15, 0.2) is 0 Å². The minimum Gasteiger partial charge on any atom is -0.480 e. The molecular formula is C10H21NO3. The Balaban J connectivity index is 3.81. The van der Waals surface area contributed by atoms with Gasteiger partial charge in [-0.2, -0.15) is 0 Å². The first-order valence-corrected chi connectivity index (χ1v) is 5.22. The molecule has 84 valence electrons. The highest BCUT2D eigenvalue weighted by Gasteiger charge is 2.15. The van der Waals surface area contributed by atoms with E-state index in [1.807, 2.05) is 13.8 Å². The maximum Gasteiger partial charge on any atom is 0.320 e. The summed E-state index contributed by atoms with van der Waals surface area (Å²) in [4.78, 5) is 10.7. The molecule has 0 aromatic carbocycles. The molecule has 0 aliphatic heterocycles. The van der Waals surface area contributed by atoms with Crippen LogP contribution in [-0.2, 0) is 4.79 Å². The van der Waals surface area contributed by atoms with Crippen molar-refractivity contribution in [3.8, 4) is 0 Å². The predicted molar refractivity (Wildman–Crippen MR) is 55.2 cm³/mol. The molecule has 0 radical (unpaired) electrons. The van der Waals surface area contributed by atoms with Crippen LogP contribution in [0, 0.1) is 5.92 Å². The number of carboxylic acids is 1. The lowest BCUT2D eigenvalue weighted by atomic mass is 10.0. The number of aliphatic hydroxyl groups is 1. The molecule has 0 aromatic heterocycles. The Labute approximate surface area is 85.3 Å². The summed E-state index contributed by atoms with van der Waals surface area (Å²) in [5.41, 5.74) is 0. The summed E-state index contributed by atoms with van der Waals surface area (Å²) in [5, 5.41) is 20.5. The van der Waals surface area contributed by atoms with E-state index in [1.54, 1.807) is 0 Å². The van der Waals surface area contributed by atoms with Crippen LogP contribution >= 0.6 is 0 Å². The van der Waals surface area contributed by atoms with Gasteiger partial charge in [-0.3, -0.25) is 4.79 Å². The van der Waals surface area contributed by atoms with Gasteiger partial charge >= 0.3 is 5.97 Å². The number of aliphatic hydroxyl groups excluding tert-OH is 1. The van der Waals surface area contributed by atoms with Crippen LogP contribution < -0.4 is 5.32 Å². The van der Waals surface area contributed by atoms with Gasteiger partial charge in [0.25, 0.3) is 0 Å². The van der Waals surface area contributed by atoms with Crippen molar-refractivity contribution in [3.63, 3.8) is 0 Å². The molecule has 2 unspecified atom stereocenters. The van der Waals surface area contributed by atoms with Gasteiger partial charge in [-0.05, 0) is 25.3 Å². The minimum absolute atomic E-state index is 0.171. The molecule has 14 heavy (non-hydrogen) atoms. The van der Waals surface area contributed by atoms with Gasteiger partial charge in [-0.15, -0.1) is 0 Å². The van der Waals surface area contributed by atoms with Gasteiger partial charge < -0.3 is 15.5 Å². The third-order valence-electron chi connectivity index (χ3n) is 2.47. The first-order valence-electron chi connectivity index (χ1n) is 5.22. The van der Waals surface area contributed by atoms with Crippen molar-refractivity contribution >= 4 is 5.97 Å². The van der Waals surface area contributed by atoms with Gasteiger partial charge in [-0.25, -0.2) is 0 Å². The Bertz CT molecular complexity index is 161. The molecule has 0 rings (SSSR count). The van der Waals surface area contributed by atoms with Crippen LogP contribution in [0.1, 0.15) is 33.1 Å². The molecule has 0 spiro atoms. The van der Waals surface area contributed by atoms with Crippen molar-refractivity contribution in [2.75, 3.05) is 13.2 Å². The monoisotopic (exact) mass is 203 g/mol. The SMILES string of the molecule is CCC(CCO)CNC(CC)C(=O)O. The zero-order chi connectivity index (χ0) is 11.0. The summed E-state index contributed by atoms with van der Waals surface area (Å²) < 4.78 is 0. The predicted octanol–water partition coefficient (Wildman–Crippen LogP) is 0.848. The van der Waals surface area contributed by atoms with Gasteiger partial charge in [0, 0.05) is 6.61 Å². The number of hydrogen-bond donors (Lipinski definition) is 3. The summed E-state index contributed by atoms with van der Waals surface area (Å²) in [5.74, 6) is -0.431. The molecule has 4 nitrogen and oxygen atoms in total. The van der Waals surface area contributed by atoms with E-state index in [2.05, 4.69) is 5.32 Å². The van der Waals surface area contributed by atoms with Crippen molar-refractivity contribution in [3.05, 3.63) is 0 Å². The summed E-state index contributed by atoms with van der Waals surface area (Å²) in [6.45, 7) is 4.73. The second kappa shape index (κ2) is 7.76. The Kier molecular flexibility index (Phi) is 7.42. The normalized spacial score (nSPS) is 15.1. The van der Waals surface area contributed by atoms with Crippen molar-refractivity contribution in [1.82, 2.24) is 5.32 Å². The van der Waals surface area contributed by atoms with E-state index >= 15 is 0 Å². The highest BCUT2D eigenvalue weighted by atomic mass is 16.4. The average molecular weight is 203 g/mol. The average Bonchev–Trinajstić information content (AvgIpc) is 2.16.